The average Bonchev–Trinajstić information content (AvgIpc) is 2.59. The molecule has 0 atom stereocenters. The zero-order chi connectivity index (χ0) is 18.9. The van der Waals surface area contributed by atoms with Crippen molar-refractivity contribution in [3.63, 3.8) is 0 Å². The Morgan fingerprint density at radius 3 is 2.54 bits per heavy atom. The SMILES string of the molecule is CC(C)CC(=O)N1CCC2(CC1)COc1ccccc1S(=O)(=O)N(C)C2. The Balaban J connectivity index is 1.78. The van der Waals surface area contributed by atoms with E-state index in [4.69, 9.17) is 4.74 Å². The van der Waals surface area contributed by atoms with Crippen LogP contribution in [-0.2, 0) is 14.8 Å². The number of ether oxygens (including phenoxy) is 1. The third-order valence-corrected chi connectivity index (χ3v) is 7.23. The van der Waals surface area contributed by atoms with E-state index in [2.05, 4.69) is 0 Å². The molecule has 0 aliphatic carbocycles. The van der Waals surface area contributed by atoms with Gasteiger partial charge in [0.1, 0.15) is 10.6 Å². The maximum Gasteiger partial charge on any atom is 0.246 e. The van der Waals surface area contributed by atoms with Crippen LogP contribution >= 0.6 is 0 Å². The number of likely N-dealkylation sites (tertiary alicyclic amines) is 1. The summed E-state index contributed by atoms with van der Waals surface area (Å²) < 4.78 is 33.2. The maximum absolute atomic E-state index is 12.9. The number of carbonyl (C=O) groups is 1. The van der Waals surface area contributed by atoms with Crippen LogP contribution in [0.4, 0.5) is 0 Å². The van der Waals surface area contributed by atoms with E-state index in [1.54, 1.807) is 31.3 Å². The first-order valence-electron chi connectivity index (χ1n) is 9.19. The first-order valence-corrected chi connectivity index (χ1v) is 10.6. The minimum Gasteiger partial charge on any atom is -0.492 e. The standard InChI is InChI=1S/C19H28N2O4S/c1-15(2)12-18(22)21-10-8-19(9-11-21)13-20(3)26(23,24)17-7-5-4-6-16(17)25-14-19/h4-7,15H,8-14H2,1-3H3. The molecule has 0 aromatic heterocycles. The third kappa shape index (κ3) is 3.74. The number of amides is 1. The summed E-state index contributed by atoms with van der Waals surface area (Å²) in [5, 5.41) is 0. The molecule has 1 spiro atoms. The topological polar surface area (TPSA) is 66.9 Å². The predicted molar refractivity (Wildman–Crippen MR) is 99.5 cm³/mol. The minimum absolute atomic E-state index is 0.188. The lowest BCUT2D eigenvalue weighted by atomic mass is 9.78. The monoisotopic (exact) mass is 380 g/mol. The van der Waals surface area contributed by atoms with E-state index in [0.29, 0.717) is 44.3 Å². The van der Waals surface area contributed by atoms with Crippen LogP contribution < -0.4 is 4.74 Å². The molecule has 1 aromatic rings. The van der Waals surface area contributed by atoms with Crippen LogP contribution in [0.3, 0.4) is 0 Å². The minimum atomic E-state index is -3.57. The summed E-state index contributed by atoms with van der Waals surface area (Å²) in [6.07, 6.45) is 2.06. The highest BCUT2D eigenvalue weighted by atomic mass is 32.2. The van der Waals surface area contributed by atoms with Gasteiger partial charge in [0.25, 0.3) is 0 Å². The van der Waals surface area contributed by atoms with Crippen LogP contribution in [0.1, 0.15) is 33.1 Å². The molecule has 7 heteroatoms. The molecule has 1 aromatic carbocycles. The number of piperidine rings is 1. The molecule has 0 radical (unpaired) electrons. The summed E-state index contributed by atoms with van der Waals surface area (Å²) in [5.41, 5.74) is -0.260. The van der Waals surface area contributed by atoms with E-state index in [0.717, 1.165) is 12.8 Å². The number of fused-ring (bicyclic) bond motifs is 1. The number of rotatable bonds is 2. The summed E-state index contributed by atoms with van der Waals surface area (Å²) in [4.78, 5) is 14.5. The van der Waals surface area contributed by atoms with Gasteiger partial charge in [-0.05, 0) is 30.9 Å². The molecule has 0 unspecified atom stereocenters. The fourth-order valence-corrected chi connectivity index (χ4v) is 5.21. The van der Waals surface area contributed by atoms with Crippen molar-refractivity contribution in [2.45, 2.75) is 38.0 Å². The molecule has 1 saturated heterocycles. The van der Waals surface area contributed by atoms with E-state index in [-0.39, 0.29) is 16.2 Å². The fourth-order valence-electron chi connectivity index (χ4n) is 3.80. The van der Waals surface area contributed by atoms with Crippen molar-refractivity contribution < 1.29 is 17.9 Å². The average molecular weight is 381 g/mol. The van der Waals surface area contributed by atoms with Crippen LogP contribution in [0.2, 0.25) is 0 Å². The van der Waals surface area contributed by atoms with Crippen molar-refractivity contribution in [2.24, 2.45) is 11.3 Å². The zero-order valence-corrected chi connectivity index (χ0v) is 16.6. The summed E-state index contributed by atoms with van der Waals surface area (Å²) >= 11 is 0. The third-order valence-electron chi connectivity index (χ3n) is 5.39. The Morgan fingerprint density at radius 1 is 1.23 bits per heavy atom. The predicted octanol–water partition coefficient (Wildman–Crippen LogP) is 2.35. The number of nitrogens with zero attached hydrogens (tertiary/aromatic N) is 2. The van der Waals surface area contributed by atoms with Gasteiger partial charge in [0.15, 0.2) is 0 Å². The molecule has 2 heterocycles. The fraction of sp³-hybridized carbons (Fsp3) is 0.632. The molecule has 6 nitrogen and oxygen atoms in total. The highest BCUT2D eigenvalue weighted by Gasteiger charge is 2.42. The second-order valence-electron chi connectivity index (χ2n) is 7.98. The van der Waals surface area contributed by atoms with Crippen LogP contribution in [0.5, 0.6) is 5.75 Å². The Labute approximate surface area is 156 Å². The Kier molecular flexibility index (Phi) is 5.30. The van der Waals surface area contributed by atoms with E-state index >= 15 is 0 Å². The van der Waals surface area contributed by atoms with Crippen molar-refractivity contribution in [1.29, 1.82) is 0 Å². The first kappa shape index (κ1) is 19.2. The quantitative estimate of drug-likeness (QED) is 0.790. The van der Waals surface area contributed by atoms with Crippen molar-refractivity contribution in [1.82, 2.24) is 9.21 Å². The van der Waals surface area contributed by atoms with Gasteiger partial charge in [0, 0.05) is 38.5 Å². The van der Waals surface area contributed by atoms with Crippen molar-refractivity contribution in [2.75, 3.05) is 33.3 Å². The van der Waals surface area contributed by atoms with Crippen LogP contribution in [0.15, 0.2) is 29.2 Å². The Hall–Kier alpha value is -1.60. The van der Waals surface area contributed by atoms with Crippen LogP contribution in [-0.4, -0.2) is 56.8 Å². The number of hydrogen-bond acceptors (Lipinski definition) is 4. The van der Waals surface area contributed by atoms with Gasteiger partial charge in [-0.2, -0.15) is 0 Å². The van der Waals surface area contributed by atoms with E-state index < -0.39 is 10.0 Å². The molecule has 0 N–H and O–H groups in total. The molecule has 0 bridgehead atoms. The van der Waals surface area contributed by atoms with Crippen molar-refractivity contribution in [3.05, 3.63) is 24.3 Å². The summed E-state index contributed by atoms with van der Waals surface area (Å²) in [6.45, 7) is 6.29. The van der Waals surface area contributed by atoms with E-state index in [1.807, 2.05) is 18.7 Å². The second-order valence-corrected chi connectivity index (χ2v) is 9.99. The molecule has 2 aliphatic heterocycles. The van der Waals surface area contributed by atoms with Gasteiger partial charge >= 0.3 is 0 Å². The highest BCUT2D eigenvalue weighted by Crippen LogP contribution is 2.38. The molecule has 2 aliphatic rings. The van der Waals surface area contributed by atoms with Gasteiger partial charge < -0.3 is 9.64 Å². The lowest BCUT2D eigenvalue weighted by Crippen LogP contribution is -2.51. The number of benzene rings is 1. The highest BCUT2D eigenvalue weighted by molar-refractivity contribution is 7.89. The second kappa shape index (κ2) is 7.19. The van der Waals surface area contributed by atoms with Crippen molar-refractivity contribution >= 4 is 15.9 Å². The molecule has 1 fully saturated rings. The smallest absolute Gasteiger partial charge is 0.246 e. The lowest BCUT2D eigenvalue weighted by Gasteiger charge is -2.44. The summed E-state index contributed by atoms with van der Waals surface area (Å²) in [5.74, 6) is 0.945. The van der Waals surface area contributed by atoms with E-state index in [1.165, 1.54) is 4.31 Å². The zero-order valence-electron chi connectivity index (χ0n) is 15.8. The molecular formula is C19H28N2O4S. The number of hydrogen-bond donors (Lipinski definition) is 0. The van der Waals surface area contributed by atoms with Gasteiger partial charge in [-0.15, -0.1) is 0 Å². The largest absolute Gasteiger partial charge is 0.492 e. The molecule has 3 rings (SSSR count). The van der Waals surface area contributed by atoms with E-state index in [9.17, 15) is 13.2 Å². The van der Waals surface area contributed by atoms with Gasteiger partial charge in [-0.1, -0.05) is 26.0 Å². The number of sulfonamides is 1. The summed E-state index contributed by atoms with van der Waals surface area (Å²) in [7, 11) is -1.94. The normalized spacial score (nSPS) is 22.4. The van der Waals surface area contributed by atoms with Gasteiger partial charge in [-0.3, -0.25) is 4.79 Å². The Bertz CT molecular complexity index is 767. The van der Waals surface area contributed by atoms with Gasteiger partial charge in [-0.25, -0.2) is 12.7 Å². The molecular weight excluding hydrogens is 352 g/mol. The first-order chi connectivity index (χ1) is 12.2. The van der Waals surface area contributed by atoms with Gasteiger partial charge in [0.2, 0.25) is 15.9 Å². The lowest BCUT2D eigenvalue weighted by molar-refractivity contribution is -0.134. The van der Waals surface area contributed by atoms with Crippen LogP contribution in [0, 0.1) is 11.3 Å². The Morgan fingerprint density at radius 2 is 1.88 bits per heavy atom. The molecule has 144 valence electrons. The molecule has 1 amide bonds. The maximum atomic E-state index is 12.9. The summed E-state index contributed by atoms with van der Waals surface area (Å²) in [6, 6.07) is 6.80. The number of para-hydroxylation sites is 1. The number of carbonyl (C=O) groups excluding carboxylic acids is 1. The van der Waals surface area contributed by atoms with Crippen LogP contribution in [0.25, 0.3) is 0 Å². The van der Waals surface area contributed by atoms with Crippen molar-refractivity contribution in [3.8, 4) is 5.75 Å². The van der Waals surface area contributed by atoms with Gasteiger partial charge in [0.05, 0.1) is 6.61 Å². The molecule has 26 heavy (non-hydrogen) atoms. The molecule has 0 saturated carbocycles.